The normalized spacial score (nSPS) is 17.3. The Morgan fingerprint density at radius 1 is 0.318 bits per heavy atom. The minimum Gasteiger partial charge on any atom is -0.277 e. The average molecular weight is 587 g/mol. The first-order chi connectivity index (χ1) is 20.9. The molecule has 0 atom stereocenters. The minimum absolute atomic E-state index is 0.0177. The maximum absolute atomic E-state index is 13.9. The highest BCUT2D eigenvalue weighted by Gasteiger charge is 2.43. The molecule has 4 aromatic rings. The van der Waals surface area contributed by atoms with E-state index in [4.69, 9.17) is 0 Å². The van der Waals surface area contributed by atoms with Crippen LogP contribution in [0.5, 0.6) is 0 Å². The first kappa shape index (κ1) is 25.7. The van der Waals surface area contributed by atoms with Crippen LogP contribution in [0.4, 0.5) is 0 Å². The lowest BCUT2D eigenvalue weighted by atomic mass is 9.78. The lowest BCUT2D eigenvalue weighted by Crippen LogP contribution is -2.41. The second-order valence-corrected chi connectivity index (χ2v) is 11.2. The molecule has 12 nitrogen and oxygen atoms in total. The van der Waals surface area contributed by atoms with Crippen LogP contribution in [-0.4, -0.2) is 95.0 Å². The summed E-state index contributed by atoms with van der Waals surface area (Å²) in [6.45, 7) is 0. The van der Waals surface area contributed by atoms with Crippen LogP contribution in [0.3, 0.4) is 0 Å². The standard InChI is InChI=1S/C32H18N4O8/c1-33-25(37)11-5-7-13-21-19(11)17(29(33)41)9-15(23(21)31(43)35(3)27(13)39)16-10-18-20-12(26(38)34(2)30(18)42)6-8-14-22(20)24(16)32(44)36(4)28(14)40/h5-10H,1-4H3. The molecule has 0 saturated carbocycles. The maximum Gasteiger partial charge on any atom is 0.261 e. The van der Waals surface area contributed by atoms with Crippen LogP contribution in [0.15, 0.2) is 36.4 Å². The van der Waals surface area contributed by atoms with Gasteiger partial charge in [-0.15, -0.1) is 0 Å². The molecule has 8 rings (SSSR count). The van der Waals surface area contributed by atoms with Crippen LogP contribution in [-0.2, 0) is 0 Å². The van der Waals surface area contributed by atoms with Gasteiger partial charge in [0.1, 0.15) is 0 Å². The highest BCUT2D eigenvalue weighted by Crippen LogP contribution is 2.47. The smallest absolute Gasteiger partial charge is 0.261 e. The van der Waals surface area contributed by atoms with Crippen molar-refractivity contribution in [1.82, 2.24) is 19.6 Å². The fraction of sp³-hybridized carbons (Fsp3) is 0.125. The molecule has 0 fully saturated rings. The number of carbonyl (C=O) groups is 8. The second-order valence-electron chi connectivity index (χ2n) is 11.2. The first-order valence-corrected chi connectivity index (χ1v) is 13.4. The quantitative estimate of drug-likeness (QED) is 0.309. The van der Waals surface area contributed by atoms with Crippen LogP contribution >= 0.6 is 0 Å². The van der Waals surface area contributed by atoms with E-state index < -0.39 is 47.3 Å². The van der Waals surface area contributed by atoms with Crippen molar-refractivity contribution in [3.05, 3.63) is 80.9 Å². The van der Waals surface area contributed by atoms with Gasteiger partial charge in [-0.1, -0.05) is 0 Å². The van der Waals surface area contributed by atoms with Crippen molar-refractivity contribution < 1.29 is 38.4 Å². The zero-order valence-corrected chi connectivity index (χ0v) is 23.5. The molecule has 0 aliphatic carbocycles. The summed E-state index contributed by atoms with van der Waals surface area (Å²) in [5, 5.41) is 0.448. The Hall–Kier alpha value is -6.04. The lowest BCUT2D eigenvalue weighted by Gasteiger charge is -2.33. The monoisotopic (exact) mass is 586 g/mol. The largest absolute Gasteiger partial charge is 0.277 e. The van der Waals surface area contributed by atoms with Gasteiger partial charge >= 0.3 is 0 Å². The van der Waals surface area contributed by atoms with Crippen molar-refractivity contribution in [2.45, 2.75) is 0 Å². The van der Waals surface area contributed by atoms with Crippen LogP contribution in [0.2, 0.25) is 0 Å². The Morgan fingerprint density at radius 2 is 0.568 bits per heavy atom. The fourth-order valence-electron chi connectivity index (χ4n) is 6.84. The van der Waals surface area contributed by atoms with Gasteiger partial charge in [0.15, 0.2) is 0 Å². The molecule has 0 saturated heterocycles. The van der Waals surface area contributed by atoms with Gasteiger partial charge in [0.05, 0.1) is 11.1 Å². The molecule has 0 spiro atoms. The van der Waals surface area contributed by atoms with Crippen molar-refractivity contribution in [2.24, 2.45) is 0 Å². The number of nitrogens with zero attached hydrogens (tertiary/aromatic N) is 4. The summed E-state index contributed by atoms with van der Waals surface area (Å²) < 4.78 is 0. The van der Waals surface area contributed by atoms with E-state index in [1.807, 2.05) is 0 Å². The summed E-state index contributed by atoms with van der Waals surface area (Å²) in [6.07, 6.45) is 0. The van der Waals surface area contributed by atoms with Gasteiger partial charge in [-0.3, -0.25) is 58.0 Å². The van der Waals surface area contributed by atoms with Crippen LogP contribution in [0, 0.1) is 0 Å². The molecule has 4 heterocycles. The van der Waals surface area contributed by atoms with Crippen molar-refractivity contribution in [3.8, 4) is 11.1 Å². The van der Waals surface area contributed by atoms with Gasteiger partial charge in [0.25, 0.3) is 47.3 Å². The zero-order chi connectivity index (χ0) is 31.3. The van der Waals surface area contributed by atoms with Gasteiger partial charge in [0, 0.05) is 83.1 Å². The number of hydrogen-bond acceptors (Lipinski definition) is 8. The SMILES string of the molecule is CN1C(=O)c2ccc3c4c(c(-c5cc6c7c(ccc8c7c5C(=O)N(C)C8=O)C(=O)N(C)C6=O)cc(c24)C1=O)C(=O)N(C)C3=O. The van der Waals surface area contributed by atoms with E-state index >= 15 is 0 Å². The van der Waals surface area contributed by atoms with Gasteiger partial charge in [-0.2, -0.15) is 0 Å². The predicted octanol–water partition coefficient (Wildman–Crippen LogP) is 2.56. The Morgan fingerprint density at radius 3 is 0.886 bits per heavy atom. The third kappa shape index (κ3) is 2.68. The Kier molecular flexibility index (Phi) is 4.58. The summed E-state index contributed by atoms with van der Waals surface area (Å²) in [6, 6.07) is 8.48. The highest BCUT2D eigenvalue weighted by atomic mass is 16.2. The maximum atomic E-state index is 13.9. The van der Waals surface area contributed by atoms with Crippen molar-refractivity contribution >= 4 is 68.8 Å². The molecule has 0 bridgehead atoms. The molecule has 4 aromatic carbocycles. The number of amides is 8. The van der Waals surface area contributed by atoms with Crippen LogP contribution in [0.25, 0.3) is 32.7 Å². The number of benzene rings is 4. The van der Waals surface area contributed by atoms with Crippen molar-refractivity contribution in [2.75, 3.05) is 28.2 Å². The third-order valence-corrected chi connectivity index (χ3v) is 9.10. The van der Waals surface area contributed by atoms with E-state index in [1.165, 1.54) is 64.6 Å². The number of hydrogen-bond donors (Lipinski definition) is 0. The van der Waals surface area contributed by atoms with Crippen LogP contribution in [0.1, 0.15) is 82.9 Å². The fourth-order valence-corrected chi connectivity index (χ4v) is 6.84. The molecule has 8 amide bonds. The number of rotatable bonds is 1. The van der Waals surface area contributed by atoms with Gasteiger partial charge < -0.3 is 0 Å². The minimum atomic E-state index is -0.749. The number of imide groups is 4. The van der Waals surface area contributed by atoms with Crippen molar-refractivity contribution in [1.29, 1.82) is 0 Å². The molecule has 0 radical (unpaired) electrons. The van der Waals surface area contributed by atoms with E-state index in [0.29, 0.717) is 0 Å². The topological polar surface area (TPSA) is 150 Å². The van der Waals surface area contributed by atoms with E-state index in [2.05, 4.69) is 0 Å². The molecule has 0 N–H and O–H groups in total. The van der Waals surface area contributed by atoms with Gasteiger partial charge in [-0.05, 0) is 47.5 Å². The molecule has 0 aromatic heterocycles. The summed E-state index contributed by atoms with van der Waals surface area (Å²) in [5.41, 5.74) is 0.448. The van der Waals surface area contributed by atoms with E-state index in [0.717, 1.165) is 19.6 Å². The summed E-state index contributed by atoms with van der Waals surface area (Å²) in [4.78, 5) is 111. The molecule has 44 heavy (non-hydrogen) atoms. The summed E-state index contributed by atoms with van der Waals surface area (Å²) >= 11 is 0. The average Bonchev–Trinajstić information content (AvgIpc) is 3.02. The van der Waals surface area contributed by atoms with E-state index in [9.17, 15) is 38.4 Å². The Labute approximate surface area is 247 Å². The molecular weight excluding hydrogens is 568 g/mol. The molecule has 4 aliphatic rings. The van der Waals surface area contributed by atoms with Crippen LogP contribution < -0.4 is 0 Å². The lowest BCUT2D eigenvalue weighted by molar-refractivity contribution is 0.0628. The molecule has 4 aliphatic heterocycles. The zero-order valence-electron chi connectivity index (χ0n) is 23.5. The number of carbonyl (C=O) groups excluding carboxylic acids is 8. The van der Waals surface area contributed by atoms with Crippen molar-refractivity contribution in [3.63, 3.8) is 0 Å². The molecule has 12 heteroatoms. The van der Waals surface area contributed by atoms with E-state index in [-0.39, 0.29) is 77.2 Å². The third-order valence-electron chi connectivity index (χ3n) is 9.10. The molecular formula is C32H18N4O8. The highest BCUT2D eigenvalue weighted by molar-refractivity contribution is 6.38. The predicted molar refractivity (Wildman–Crippen MR) is 153 cm³/mol. The first-order valence-electron chi connectivity index (χ1n) is 13.4. The summed E-state index contributed by atoms with van der Waals surface area (Å²) in [7, 11) is 5.21. The Balaban J connectivity index is 1.63. The second kappa shape index (κ2) is 7.86. The van der Waals surface area contributed by atoms with E-state index in [1.54, 1.807) is 0 Å². The van der Waals surface area contributed by atoms with Gasteiger partial charge in [-0.25, -0.2) is 0 Å². The summed E-state index contributed by atoms with van der Waals surface area (Å²) in [5.74, 6) is -5.38. The molecule has 0 unspecified atom stereocenters. The Bertz CT molecular complexity index is 2140. The van der Waals surface area contributed by atoms with Gasteiger partial charge in [0.2, 0.25) is 0 Å². The molecule has 214 valence electrons.